The van der Waals surface area contributed by atoms with Crippen LogP contribution in [0.3, 0.4) is 0 Å². The second-order valence-electron chi connectivity index (χ2n) is 5.20. The highest BCUT2D eigenvalue weighted by Crippen LogP contribution is 2.16. The van der Waals surface area contributed by atoms with Crippen LogP contribution in [0.15, 0.2) is 36.4 Å². The number of aryl methyl sites for hydroxylation is 1. The number of benzene rings is 2. The number of nitrogens with zero attached hydrogens (tertiary/aromatic N) is 3. The minimum atomic E-state index is -0.381. The number of nitrogens with two attached hydrogens (primary N) is 1. The number of amides is 1. The molecule has 0 bridgehead atoms. The molecule has 3 N–H and O–H groups in total. The van der Waals surface area contributed by atoms with Crippen molar-refractivity contribution in [3.8, 4) is 0 Å². The molecular formula is C16H17ClFN5O. The van der Waals surface area contributed by atoms with E-state index in [-0.39, 0.29) is 37.2 Å². The lowest BCUT2D eigenvalue weighted by Crippen LogP contribution is -2.24. The van der Waals surface area contributed by atoms with E-state index in [1.165, 1.54) is 6.07 Å². The maximum absolute atomic E-state index is 13.9. The summed E-state index contributed by atoms with van der Waals surface area (Å²) in [6, 6.07) is 9.97. The summed E-state index contributed by atoms with van der Waals surface area (Å²) < 4.78 is 15.5. The third-order valence-corrected chi connectivity index (χ3v) is 3.66. The molecule has 0 radical (unpaired) electrons. The number of halogens is 2. The van der Waals surface area contributed by atoms with E-state index in [2.05, 4.69) is 15.6 Å². The summed E-state index contributed by atoms with van der Waals surface area (Å²) in [4.78, 5) is 12.4. The second kappa shape index (κ2) is 7.37. The molecule has 6 nitrogen and oxygen atoms in total. The average molecular weight is 350 g/mol. The van der Waals surface area contributed by atoms with Gasteiger partial charge in [-0.15, -0.1) is 17.5 Å². The van der Waals surface area contributed by atoms with Gasteiger partial charge in [0.15, 0.2) is 0 Å². The number of hydrogen-bond donors (Lipinski definition) is 2. The standard InChI is InChI=1S/C16H16FN5O.ClH/c1-22-15-12(3-2-4-14(15)20-21-22)16(23)19-9-11-6-5-10(8-18)7-13(11)17;/h2-7H,8-9,18H2,1H3,(H,19,23);1H. The zero-order valence-corrected chi connectivity index (χ0v) is 13.8. The van der Waals surface area contributed by atoms with Gasteiger partial charge >= 0.3 is 0 Å². The lowest BCUT2D eigenvalue weighted by Gasteiger charge is -2.08. The SMILES string of the molecule is Cl.Cn1nnc2cccc(C(=O)NCc3ccc(CN)cc3F)c21. The first-order valence-electron chi connectivity index (χ1n) is 7.14. The van der Waals surface area contributed by atoms with Crippen molar-refractivity contribution in [2.75, 3.05) is 0 Å². The largest absolute Gasteiger partial charge is 0.348 e. The molecule has 8 heteroatoms. The molecule has 0 aliphatic rings. The number of fused-ring (bicyclic) bond motifs is 1. The molecule has 0 fully saturated rings. The monoisotopic (exact) mass is 349 g/mol. The number of para-hydroxylation sites is 1. The summed E-state index contributed by atoms with van der Waals surface area (Å²) in [6.07, 6.45) is 0. The molecule has 1 heterocycles. The van der Waals surface area contributed by atoms with Crippen LogP contribution in [0.25, 0.3) is 11.0 Å². The maximum atomic E-state index is 13.9. The van der Waals surface area contributed by atoms with Crippen LogP contribution >= 0.6 is 12.4 Å². The smallest absolute Gasteiger partial charge is 0.253 e. The fourth-order valence-corrected chi connectivity index (χ4v) is 2.43. The Morgan fingerprint density at radius 1 is 1.33 bits per heavy atom. The van der Waals surface area contributed by atoms with E-state index in [1.54, 1.807) is 42.1 Å². The Labute approximate surface area is 144 Å². The highest BCUT2D eigenvalue weighted by molar-refractivity contribution is 6.04. The summed E-state index contributed by atoms with van der Waals surface area (Å²) >= 11 is 0. The van der Waals surface area contributed by atoms with Crippen molar-refractivity contribution >= 4 is 29.3 Å². The number of rotatable bonds is 4. The number of carbonyl (C=O) groups excluding carboxylic acids is 1. The number of nitrogens with one attached hydrogen (secondary N) is 1. The van der Waals surface area contributed by atoms with E-state index in [4.69, 9.17) is 5.73 Å². The van der Waals surface area contributed by atoms with Gasteiger partial charge in [-0.3, -0.25) is 4.79 Å². The van der Waals surface area contributed by atoms with Crippen LogP contribution in [-0.2, 0) is 20.1 Å². The van der Waals surface area contributed by atoms with Gasteiger partial charge in [0.2, 0.25) is 0 Å². The molecule has 0 atom stereocenters. The Hall–Kier alpha value is -2.51. The van der Waals surface area contributed by atoms with E-state index in [0.29, 0.717) is 27.7 Å². The van der Waals surface area contributed by atoms with Crippen LogP contribution in [0.4, 0.5) is 4.39 Å². The Morgan fingerprint density at radius 3 is 2.83 bits per heavy atom. The average Bonchev–Trinajstić information content (AvgIpc) is 2.95. The molecule has 0 saturated carbocycles. The molecule has 0 spiro atoms. The maximum Gasteiger partial charge on any atom is 0.253 e. The summed E-state index contributed by atoms with van der Waals surface area (Å²) in [5.41, 5.74) is 8.33. The third-order valence-electron chi connectivity index (χ3n) is 3.66. The van der Waals surface area contributed by atoms with Crippen LogP contribution in [0.1, 0.15) is 21.5 Å². The summed E-state index contributed by atoms with van der Waals surface area (Å²) in [5.74, 6) is -0.683. The zero-order valence-electron chi connectivity index (χ0n) is 13.0. The van der Waals surface area contributed by atoms with E-state index in [9.17, 15) is 9.18 Å². The van der Waals surface area contributed by atoms with E-state index in [1.807, 2.05) is 0 Å². The van der Waals surface area contributed by atoms with Gasteiger partial charge in [-0.25, -0.2) is 9.07 Å². The van der Waals surface area contributed by atoms with Crippen molar-refractivity contribution in [3.63, 3.8) is 0 Å². The lowest BCUT2D eigenvalue weighted by atomic mass is 10.1. The molecule has 2 aromatic carbocycles. The van der Waals surface area contributed by atoms with Crippen molar-refractivity contribution < 1.29 is 9.18 Å². The lowest BCUT2D eigenvalue weighted by molar-refractivity contribution is 0.0952. The Morgan fingerprint density at radius 2 is 2.12 bits per heavy atom. The van der Waals surface area contributed by atoms with E-state index < -0.39 is 0 Å². The van der Waals surface area contributed by atoms with Crippen LogP contribution in [0.2, 0.25) is 0 Å². The molecule has 0 unspecified atom stereocenters. The Balaban J connectivity index is 0.00000208. The molecule has 0 aliphatic heterocycles. The van der Waals surface area contributed by atoms with Gasteiger partial charge in [0, 0.05) is 25.7 Å². The first-order valence-corrected chi connectivity index (χ1v) is 7.14. The third kappa shape index (κ3) is 3.37. The van der Waals surface area contributed by atoms with Crippen LogP contribution in [0, 0.1) is 5.82 Å². The quantitative estimate of drug-likeness (QED) is 0.753. The van der Waals surface area contributed by atoms with Crippen molar-refractivity contribution in [1.29, 1.82) is 0 Å². The Bertz CT molecular complexity index is 880. The van der Waals surface area contributed by atoms with Gasteiger partial charge in [0.05, 0.1) is 5.56 Å². The summed E-state index contributed by atoms with van der Waals surface area (Å²) in [7, 11) is 1.72. The molecular weight excluding hydrogens is 333 g/mol. The van der Waals surface area contributed by atoms with Crippen LogP contribution < -0.4 is 11.1 Å². The molecule has 126 valence electrons. The van der Waals surface area contributed by atoms with Gasteiger partial charge in [-0.1, -0.05) is 23.4 Å². The first kappa shape index (κ1) is 17.8. The fourth-order valence-electron chi connectivity index (χ4n) is 2.43. The Kier molecular flexibility index (Phi) is 5.48. The predicted octanol–water partition coefficient (Wildman–Crippen LogP) is 1.92. The summed E-state index contributed by atoms with van der Waals surface area (Å²) in [5, 5.41) is 10.6. The predicted molar refractivity (Wildman–Crippen MR) is 91.2 cm³/mol. The van der Waals surface area contributed by atoms with Crippen LogP contribution in [0.5, 0.6) is 0 Å². The molecule has 0 aliphatic carbocycles. The van der Waals surface area contributed by atoms with E-state index >= 15 is 0 Å². The normalized spacial score (nSPS) is 10.5. The van der Waals surface area contributed by atoms with Gasteiger partial charge in [0.1, 0.15) is 16.9 Å². The number of aromatic nitrogens is 3. The summed E-state index contributed by atoms with van der Waals surface area (Å²) in [6.45, 7) is 0.371. The van der Waals surface area contributed by atoms with Crippen LogP contribution in [-0.4, -0.2) is 20.9 Å². The molecule has 1 amide bonds. The molecule has 0 saturated heterocycles. The first-order chi connectivity index (χ1) is 11.1. The van der Waals surface area contributed by atoms with Gasteiger partial charge < -0.3 is 11.1 Å². The fraction of sp³-hybridized carbons (Fsp3) is 0.188. The number of carbonyl (C=O) groups is 1. The van der Waals surface area contributed by atoms with Crippen molar-refractivity contribution in [2.24, 2.45) is 12.8 Å². The molecule has 3 rings (SSSR count). The highest BCUT2D eigenvalue weighted by atomic mass is 35.5. The minimum absolute atomic E-state index is 0. The van der Waals surface area contributed by atoms with E-state index in [0.717, 1.165) is 0 Å². The van der Waals surface area contributed by atoms with Crippen molar-refractivity contribution in [2.45, 2.75) is 13.1 Å². The van der Waals surface area contributed by atoms with Crippen molar-refractivity contribution in [3.05, 3.63) is 58.9 Å². The van der Waals surface area contributed by atoms with Gasteiger partial charge in [0.25, 0.3) is 5.91 Å². The minimum Gasteiger partial charge on any atom is -0.348 e. The highest BCUT2D eigenvalue weighted by Gasteiger charge is 2.14. The zero-order chi connectivity index (χ0) is 16.4. The van der Waals surface area contributed by atoms with Crippen molar-refractivity contribution in [1.82, 2.24) is 20.3 Å². The van der Waals surface area contributed by atoms with Gasteiger partial charge in [-0.2, -0.15) is 0 Å². The molecule has 24 heavy (non-hydrogen) atoms. The van der Waals surface area contributed by atoms with Gasteiger partial charge in [-0.05, 0) is 23.8 Å². The molecule has 3 aromatic rings. The molecule has 1 aromatic heterocycles. The number of hydrogen-bond acceptors (Lipinski definition) is 4. The topological polar surface area (TPSA) is 85.8 Å². The second-order valence-corrected chi connectivity index (χ2v) is 5.20.